The number of rotatable bonds is 6. The highest BCUT2D eigenvalue weighted by atomic mass is 16.5. The van der Waals surface area contributed by atoms with Crippen molar-refractivity contribution in [3.05, 3.63) is 35.9 Å². The van der Waals surface area contributed by atoms with Gasteiger partial charge >= 0.3 is 5.97 Å². The van der Waals surface area contributed by atoms with Gasteiger partial charge in [0.25, 0.3) is 0 Å². The van der Waals surface area contributed by atoms with E-state index in [0.717, 1.165) is 0 Å². The molecule has 0 fully saturated rings. The van der Waals surface area contributed by atoms with Gasteiger partial charge in [0.15, 0.2) is 0 Å². The largest absolute Gasteiger partial charge is 0.464 e. The minimum atomic E-state index is -0.826. The van der Waals surface area contributed by atoms with Crippen molar-refractivity contribution >= 4 is 23.1 Å². The topological polar surface area (TPSA) is 91.3 Å². The fourth-order valence-corrected chi connectivity index (χ4v) is 2.66. The lowest BCUT2D eigenvalue weighted by atomic mass is 9.90. The monoisotopic (exact) mass is 332 g/mol. The second-order valence-corrected chi connectivity index (χ2v) is 6.13. The lowest BCUT2D eigenvalue weighted by molar-refractivity contribution is 0.0590. The Morgan fingerprint density at radius 2 is 1.83 bits per heavy atom. The van der Waals surface area contributed by atoms with Gasteiger partial charge < -0.3 is 24.9 Å². The average molecular weight is 332 g/mol. The summed E-state index contributed by atoms with van der Waals surface area (Å²) >= 11 is 0. The minimum absolute atomic E-state index is 0.0623. The lowest BCUT2D eigenvalue weighted by Gasteiger charge is -2.28. The molecule has 0 aliphatic rings. The molecule has 2 heterocycles. The summed E-state index contributed by atoms with van der Waals surface area (Å²) in [4.78, 5) is 24.7. The third kappa shape index (κ3) is 3.15. The molecule has 1 atom stereocenters. The van der Waals surface area contributed by atoms with E-state index in [0.29, 0.717) is 29.2 Å². The zero-order valence-corrected chi connectivity index (χ0v) is 14.7. The average Bonchev–Trinajstić information content (AvgIpc) is 3.07. The second-order valence-electron chi connectivity index (χ2n) is 6.13. The van der Waals surface area contributed by atoms with Crippen LogP contribution in [0.15, 0.2) is 24.5 Å². The van der Waals surface area contributed by atoms with E-state index in [2.05, 4.69) is 5.32 Å². The number of carbonyl (C=O) groups excluding carboxylic acids is 2. The van der Waals surface area contributed by atoms with Gasteiger partial charge in [-0.1, -0.05) is 6.92 Å². The smallest absolute Gasteiger partial charge is 0.354 e. The second kappa shape index (κ2) is 6.43. The molecular weight excluding hydrogens is 308 g/mol. The minimum Gasteiger partial charge on any atom is -0.464 e. The van der Waals surface area contributed by atoms with Gasteiger partial charge in [-0.15, -0.1) is 0 Å². The molecule has 0 aliphatic carbocycles. The van der Waals surface area contributed by atoms with Crippen molar-refractivity contribution in [1.82, 2.24) is 9.13 Å². The number of ether oxygens (including phenoxy) is 1. The lowest BCUT2D eigenvalue weighted by Crippen LogP contribution is -2.43. The van der Waals surface area contributed by atoms with Gasteiger partial charge in [0, 0.05) is 26.5 Å². The van der Waals surface area contributed by atoms with Crippen LogP contribution in [0, 0.1) is 0 Å². The van der Waals surface area contributed by atoms with Crippen LogP contribution in [-0.2, 0) is 18.8 Å². The van der Waals surface area contributed by atoms with E-state index in [1.54, 1.807) is 47.8 Å². The Morgan fingerprint density at radius 1 is 1.21 bits per heavy atom. The summed E-state index contributed by atoms with van der Waals surface area (Å²) < 4.78 is 8.13. The van der Waals surface area contributed by atoms with Crippen molar-refractivity contribution < 1.29 is 14.3 Å². The first-order chi connectivity index (χ1) is 11.2. The van der Waals surface area contributed by atoms with Crippen molar-refractivity contribution in [2.75, 3.05) is 18.2 Å². The van der Waals surface area contributed by atoms with E-state index >= 15 is 0 Å². The van der Waals surface area contributed by atoms with Crippen LogP contribution < -0.4 is 11.1 Å². The fourth-order valence-electron chi connectivity index (χ4n) is 2.66. The van der Waals surface area contributed by atoms with E-state index in [1.807, 2.05) is 13.8 Å². The number of hydrogen-bond donors (Lipinski definition) is 2. The number of nitrogens with zero attached hydrogens (tertiary/aromatic N) is 2. The van der Waals surface area contributed by atoms with Gasteiger partial charge in [0.1, 0.15) is 5.69 Å². The van der Waals surface area contributed by atoms with Crippen molar-refractivity contribution in [1.29, 1.82) is 0 Å². The van der Waals surface area contributed by atoms with E-state index < -0.39 is 11.5 Å². The molecule has 0 saturated carbocycles. The predicted octanol–water partition coefficient (Wildman–Crippen LogP) is 2.20. The summed E-state index contributed by atoms with van der Waals surface area (Å²) in [5.74, 6) is -0.488. The summed E-state index contributed by atoms with van der Waals surface area (Å²) in [6, 6.07) is 3.34. The van der Waals surface area contributed by atoms with Crippen LogP contribution in [-0.4, -0.2) is 33.5 Å². The first kappa shape index (κ1) is 17.7. The number of aryl methyl sites for hydroxylation is 2. The molecule has 0 radical (unpaired) electrons. The zero-order valence-electron chi connectivity index (χ0n) is 14.7. The van der Waals surface area contributed by atoms with Crippen LogP contribution in [0.3, 0.4) is 0 Å². The first-order valence-electron chi connectivity index (χ1n) is 7.71. The molecule has 7 heteroatoms. The number of nitrogens with two attached hydrogens (primary N) is 1. The van der Waals surface area contributed by atoms with Gasteiger partial charge in [-0.2, -0.15) is 0 Å². The third-order valence-corrected chi connectivity index (χ3v) is 4.29. The number of nitrogen functional groups attached to an aromatic ring is 1. The molecular formula is C17H24N4O3. The molecule has 0 bridgehead atoms. The van der Waals surface area contributed by atoms with Crippen molar-refractivity contribution in [3.8, 4) is 0 Å². The molecule has 24 heavy (non-hydrogen) atoms. The summed E-state index contributed by atoms with van der Waals surface area (Å²) in [7, 11) is 4.87. The highest BCUT2D eigenvalue weighted by molar-refractivity contribution is 6.04. The molecule has 2 rings (SSSR count). The van der Waals surface area contributed by atoms with Gasteiger partial charge in [-0.05, 0) is 25.5 Å². The van der Waals surface area contributed by atoms with Gasteiger partial charge in [0.05, 0.1) is 29.7 Å². The van der Waals surface area contributed by atoms with Crippen molar-refractivity contribution in [2.45, 2.75) is 25.8 Å². The van der Waals surface area contributed by atoms with Crippen LogP contribution in [0.25, 0.3) is 0 Å². The number of esters is 1. The summed E-state index contributed by atoms with van der Waals surface area (Å²) in [6.45, 7) is 3.77. The molecule has 0 saturated heterocycles. The van der Waals surface area contributed by atoms with E-state index in [9.17, 15) is 9.59 Å². The zero-order chi connectivity index (χ0) is 18.1. The first-order valence-corrected chi connectivity index (χ1v) is 7.71. The normalized spacial score (nSPS) is 13.4. The molecule has 2 aromatic heterocycles. The van der Waals surface area contributed by atoms with E-state index in [4.69, 9.17) is 10.5 Å². The Bertz CT molecular complexity index is 775. The number of nitrogens with one attached hydrogen (secondary N) is 1. The predicted molar refractivity (Wildman–Crippen MR) is 93.2 cm³/mol. The molecule has 0 amide bonds. The van der Waals surface area contributed by atoms with Crippen molar-refractivity contribution in [3.63, 3.8) is 0 Å². The SMILES string of the molecule is CCC(C)(Nc1cc(C(=O)OC)n(C)c1)C(=O)c1cc(N)cn1C. The molecule has 130 valence electrons. The van der Waals surface area contributed by atoms with Crippen LogP contribution >= 0.6 is 0 Å². The molecule has 0 spiro atoms. The van der Waals surface area contributed by atoms with Gasteiger partial charge in [-0.3, -0.25) is 4.79 Å². The van der Waals surface area contributed by atoms with Crippen LogP contribution in [0.2, 0.25) is 0 Å². The van der Waals surface area contributed by atoms with Crippen LogP contribution in [0.1, 0.15) is 41.2 Å². The van der Waals surface area contributed by atoms with Gasteiger partial charge in [0.2, 0.25) is 5.78 Å². The quantitative estimate of drug-likeness (QED) is 0.625. The van der Waals surface area contributed by atoms with Crippen LogP contribution in [0.5, 0.6) is 0 Å². The molecule has 2 aromatic rings. The molecule has 7 nitrogen and oxygen atoms in total. The molecule has 0 aromatic carbocycles. The number of carbonyl (C=O) groups is 2. The Morgan fingerprint density at radius 3 is 2.33 bits per heavy atom. The maximum Gasteiger partial charge on any atom is 0.354 e. The summed E-state index contributed by atoms with van der Waals surface area (Å²) in [6.07, 6.45) is 4.04. The Hall–Kier alpha value is -2.70. The number of ketones is 1. The van der Waals surface area contributed by atoms with E-state index in [-0.39, 0.29) is 5.78 Å². The Kier molecular flexibility index (Phi) is 4.73. The summed E-state index contributed by atoms with van der Waals surface area (Å²) in [5, 5.41) is 3.25. The fraction of sp³-hybridized carbons (Fsp3) is 0.412. The number of Topliss-reactive ketones (excluding diaryl/α,β-unsaturated/α-hetero) is 1. The third-order valence-electron chi connectivity index (χ3n) is 4.29. The number of aromatic nitrogens is 2. The van der Waals surface area contributed by atoms with Crippen LogP contribution in [0.4, 0.5) is 11.4 Å². The summed E-state index contributed by atoms with van der Waals surface area (Å²) in [5.41, 5.74) is 7.13. The van der Waals surface area contributed by atoms with Crippen molar-refractivity contribution in [2.24, 2.45) is 14.1 Å². The highest BCUT2D eigenvalue weighted by Crippen LogP contribution is 2.26. The number of methoxy groups -OCH3 is 1. The molecule has 3 N–H and O–H groups in total. The molecule has 1 unspecified atom stereocenters. The maximum atomic E-state index is 13.0. The van der Waals surface area contributed by atoms with E-state index in [1.165, 1.54) is 7.11 Å². The number of hydrogen-bond acceptors (Lipinski definition) is 5. The van der Waals surface area contributed by atoms with Gasteiger partial charge in [-0.25, -0.2) is 4.79 Å². The Balaban J connectivity index is 2.32. The highest BCUT2D eigenvalue weighted by Gasteiger charge is 2.34. The standard InChI is InChI=1S/C17H24N4O3/c1-6-17(2,15(22)13-7-11(18)9-20(13)3)19-12-8-14(16(23)24-5)21(4)10-12/h7-10,19H,6,18H2,1-5H3. The molecule has 0 aliphatic heterocycles. The number of anilines is 2. The maximum absolute atomic E-state index is 13.0. The Labute approximate surface area is 141 Å².